The minimum Gasteiger partial charge on any atom is -0.504 e. The van der Waals surface area contributed by atoms with Gasteiger partial charge >= 0.3 is 0 Å². The van der Waals surface area contributed by atoms with Gasteiger partial charge in [-0.3, -0.25) is 0 Å². The molecule has 0 aromatic heterocycles. The molecular formula is C20H24NO4+. The molecule has 0 radical (unpaired) electrons. The van der Waals surface area contributed by atoms with Crippen molar-refractivity contribution >= 4 is 0 Å². The minimum atomic E-state index is 0.193. The Morgan fingerprint density at radius 1 is 1.04 bits per heavy atom. The number of benzene rings is 2. The summed E-state index contributed by atoms with van der Waals surface area (Å²) in [6.07, 6.45) is 1.77. The summed E-state index contributed by atoms with van der Waals surface area (Å²) in [5.74, 6) is 1.52. The molecule has 0 unspecified atom stereocenters. The van der Waals surface area contributed by atoms with Crippen molar-refractivity contribution in [3.63, 3.8) is 0 Å². The van der Waals surface area contributed by atoms with E-state index in [1.54, 1.807) is 14.2 Å². The molecule has 4 rings (SSSR count). The van der Waals surface area contributed by atoms with Crippen molar-refractivity contribution in [1.82, 2.24) is 0 Å². The molecule has 0 bridgehead atoms. The van der Waals surface area contributed by atoms with Crippen LogP contribution in [0, 0.1) is 0 Å². The number of fused-ring (bicyclic) bond motifs is 4. The fraction of sp³-hybridized carbons (Fsp3) is 0.400. The average Bonchev–Trinajstić information content (AvgIpc) is 2.60. The molecule has 2 aliphatic heterocycles. The van der Waals surface area contributed by atoms with Crippen LogP contribution in [-0.2, 0) is 19.4 Å². The zero-order chi connectivity index (χ0) is 17.8. The standard InChI is InChI=1S/C20H23NO4/c1-21-7-6-13-9-19(25-3)17(22)10-14(13)16(21)8-12-4-5-18(24-2)20(23)15(12)11-21/h4-5,9-10,16H,6-8,11H2,1-3H3,(H-,22,23)/p+1/t16-,21-/m0/s1. The molecule has 0 amide bonds. The number of phenolic OH excluding ortho intramolecular Hbond substituents is 2. The molecule has 5 heteroatoms. The third-order valence-corrected chi connectivity index (χ3v) is 5.94. The zero-order valence-electron chi connectivity index (χ0n) is 14.9. The molecule has 0 aliphatic carbocycles. The van der Waals surface area contributed by atoms with E-state index in [0.717, 1.165) is 41.5 Å². The maximum Gasteiger partial charge on any atom is 0.166 e. The van der Waals surface area contributed by atoms with Gasteiger partial charge in [-0.25, -0.2) is 0 Å². The number of phenols is 2. The summed E-state index contributed by atoms with van der Waals surface area (Å²) in [5, 5.41) is 20.8. The Morgan fingerprint density at radius 2 is 1.80 bits per heavy atom. The van der Waals surface area contributed by atoms with Crippen LogP contribution in [0.4, 0.5) is 0 Å². The highest BCUT2D eigenvalue weighted by Gasteiger charge is 2.44. The minimum absolute atomic E-state index is 0.193. The smallest absolute Gasteiger partial charge is 0.166 e. The van der Waals surface area contributed by atoms with Crippen molar-refractivity contribution in [2.24, 2.45) is 0 Å². The molecule has 2 aromatic rings. The number of hydrogen-bond donors (Lipinski definition) is 2. The Labute approximate surface area is 147 Å². The molecule has 0 saturated heterocycles. The van der Waals surface area contributed by atoms with Gasteiger partial charge in [0.15, 0.2) is 23.0 Å². The van der Waals surface area contributed by atoms with Gasteiger partial charge in [0, 0.05) is 18.4 Å². The van der Waals surface area contributed by atoms with Gasteiger partial charge in [0.25, 0.3) is 0 Å². The molecule has 2 heterocycles. The predicted octanol–water partition coefficient (Wildman–Crippen LogP) is 2.92. The largest absolute Gasteiger partial charge is 0.504 e. The summed E-state index contributed by atoms with van der Waals surface area (Å²) < 4.78 is 11.4. The van der Waals surface area contributed by atoms with Crippen LogP contribution in [0.1, 0.15) is 28.3 Å². The van der Waals surface area contributed by atoms with Crippen LogP contribution in [-0.4, -0.2) is 42.5 Å². The molecule has 2 aromatic carbocycles. The Morgan fingerprint density at radius 3 is 2.52 bits per heavy atom. The highest BCUT2D eigenvalue weighted by Crippen LogP contribution is 2.48. The summed E-state index contributed by atoms with van der Waals surface area (Å²) in [6.45, 7) is 1.75. The van der Waals surface area contributed by atoms with E-state index in [1.165, 1.54) is 11.1 Å². The SMILES string of the molecule is COc1cc2c(cc1O)[C@@H]1Cc3ccc(OC)c(O)c3C[N@+]1(C)CC2. The monoisotopic (exact) mass is 342 g/mol. The molecular weight excluding hydrogens is 318 g/mol. The summed E-state index contributed by atoms with van der Waals surface area (Å²) in [6, 6.07) is 7.98. The van der Waals surface area contributed by atoms with Gasteiger partial charge in [-0.05, 0) is 29.3 Å². The van der Waals surface area contributed by atoms with Gasteiger partial charge in [-0.2, -0.15) is 0 Å². The van der Waals surface area contributed by atoms with Crippen molar-refractivity contribution in [2.75, 3.05) is 27.8 Å². The Balaban J connectivity index is 1.82. The van der Waals surface area contributed by atoms with E-state index in [4.69, 9.17) is 9.47 Å². The van der Waals surface area contributed by atoms with Crippen molar-refractivity contribution in [3.8, 4) is 23.0 Å². The zero-order valence-corrected chi connectivity index (χ0v) is 14.9. The van der Waals surface area contributed by atoms with Crippen LogP contribution in [0.5, 0.6) is 23.0 Å². The number of likely N-dealkylation sites (N-methyl/N-ethyl adjacent to an activating group) is 1. The lowest BCUT2D eigenvalue weighted by Crippen LogP contribution is -2.53. The molecule has 132 valence electrons. The average molecular weight is 342 g/mol. The highest BCUT2D eigenvalue weighted by molar-refractivity contribution is 5.52. The van der Waals surface area contributed by atoms with E-state index in [2.05, 4.69) is 13.1 Å². The first-order valence-electron chi connectivity index (χ1n) is 8.58. The second-order valence-corrected chi connectivity index (χ2v) is 7.31. The fourth-order valence-corrected chi connectivity index (χ4v) is 4.46. The van der Waals surface area contributed by atoms with Crippen molar-refractivity contribution in [3.05, 3.63) is 46.5 Å². The van der Waals surface area contributed by atoms with Gasteiger partial charge in [0.1, 0.15) is 12.6 Å². The second-order valence-electron chi connectivity index (χ2n) is 7.31. The van der Waals surface area contributed by atoms with Crippen molar-refractivity contribution < 1.29 is 24.2 Å². The van der Waals surface area contributed by atoms with Crippen LogP contribution in [0.15, 0.2) is 24.3 Å². The summed E-state index contributed by atoms with van der Waals surface area (Å²) in [4.78, 5) is 0. The fourth-order valence-electron chi connectivity index (χ4n) is 4.46. The quantitative estimate of drug-likeness (QED) is 0.824. The third-order valence-electron chi connectivity index (χ3n) is 5.94. The summed E-state index contributed by atoms with van der Waals surface area (Å²) in [7, 11) is 5.39. The Kier molecular flexibility index (Phi) is 3.58. The van der Waals surface area contributed by atoms with Crippen molar-refractivity contribution in [2.45, 2.75) is 25.4 Å². The normalized spacial score (nSPS) is 24.0. The molecule has 25 heavy (non-hydrogen) atoms. The van der Waals surface area contributed by atoms with Gasteiger partial charge in [0.05, 0.1) is 33.4 Å². The van der Waals surface area contributed by atoms with Crippen LogP contribution < -0.4 is 9.47 Å². The number of quaternary nitrogens is 1. The lowest BCUT2D eigenvalue weighted by molar-refractivity contribution is -0.956. The number of nitrogens with zero attached hydrogens (tertiary/aromatic N) is 1. The molecule has 0 spiro atoms. The first-order valence-corrected chi connectivity index (χ1v) is 8.58. The maximum absolute atomic E-state index is 10.6. The summed E-state index contributed by atoms with van der Waals surface area (Å²) >= 11 is 0. The molecule has 2 N–H and O–H groups in total. The maximum atomic E-state index is 10.6. The third kappa shape index (κ3) is 2.34. The topological polar surface area (TPSA) is 58.9 Å². The lowest BCUT2D eigenvalue weighted by atomic mass is 9.81. The number of rotatable bonds is 2. The van der Waals surface area contributed by atoms with E-state index < -0.39 is 0 Å². The van der Waals surface area contributed by atoms with Crippen LogP contribution in [0.3, 0.4) is 0 Å². The molecule has 2 aliphatic rings. The Hall–Kier alpha value is -2.40. The number of aromatic hydroxyl groups is 2. The molecule has 0 fully saturated rings. The second kappa shape index (κ2) is 5.56. The number of methoxy groups -OCH3 is 2. The van der Waals surface area contributed by atoms with Gasteiger partial charge < -0.3 is 24.2 Å². The first-order chi connectivity index (χ1) is 12.0. The van der Waals surface area contributed by atoms with Crippen LogP contribution >= 0.6 is 0 Å². The summed E-state index contributed by atoms with van der Waals surface area (Å²) in [5.41, 5.74) is 4.57. The number of hydrogen-bond acceptors (Lipinski definition) is 4. The molecule has 2 atom stereocenters. The van der Waals surface area contributed by atoms with Crippen LogP contribution in [0.2, 0.25) is 0 Å². The van der Waals surface area contributed by atoms with E-state index in [1.807, 2.05) is 18.2 Å². The number of ether oxygens (including phenoxy) is 2. The molecule has 0 saturated carbocycles. The predicted molar refractivity (Wildman–Crippen MR) is 94.2 cm³/mol. The molecule has 5 nitrogen and oxygen atoms in total. The highest BCUT2D eigenvalue weighted by atomic mass is 16.5. The van der Waals surface area contributed by atoms with E-state index in [9.17, 15) is 10.2 Å². The van der Waals surface area contributed by atoms with E-state index in [-0.39, 0.29) is 17.5 Å². The van der Waals surface area contributed by atoms with E-state index >= 15 is 0 Å². The van der Waals surface area contributed by atoms with Gasteiger partial charge in [-0.1, -0.05) is 6.07 Å². The first kappa shape index (κ1) is 16.1. The van der Waals surface area contributed by atoms with Gasteiger partial charge in [0.2, 0.25) is 0 Å². The lowest BCUT2D eigenvalue weighted by Gasteiger charge is -2.49. The van der Waals surface area contributed by atoms with Crippen LogP contribution in [0.25, 0.3) is 0 Å². The van der Waals surface area contributed by atoms with Gasteiger partial charge in [-0.15, -0.1) is 0 Å². The van der Waals surface area contributed by atoms with Crippen molar-refractivity contribution in [1.29, 1.82) is 0 Å². The van der Waals surface area contributed by atoms with E-state index in [0.29, 0.717) is 11.5 Å². The Bertz CT molecular complexity index is 848.